The van der Waals surface area contributed by atoms with Crippen molar-refractivity contribution in [2.45, 2.75) is 18.9 Å². The van der Waals surface area contributed by atoms with E-state index in [1.54, 1.807) is 0 Å². The van der Waals surface area contributed by atoms with Crippen LogP contribution in [-0.4, -0.2) is 4.92 Å². The summed E-state index contributed by atoms with van der Waals surface area (Å²) < 4.78 is 14.5. The van der Waals surface area contributed by atoms with Crippen LogP contribution < -0.4 is 5.32 Å². The Labute approximate surface area is 129 Å². The molecule has 0 aliphatic heterocycles. The summed E-state index contributed by atoms with van der Waals surface area (Å²) in [5.74, 6) is -0.610. The lowest BCUT2D eigenvalue weighted by atomic mass is 10.1. The summed E-state index contributed by atoms with van der Waals surface area (Å²) in [4.78, 5) is 10.2. The van der Waals surface area contributed by atoms with E-state index in [1.165, 1.54) is 17.7 Å². The Bertz CT molecular complexity index is 721. The highest BCUT2D eigenvalue weighted by molar-refractivity contribution is 9.10. The average Bonchev–Trinajstić information content (AvgIpc) is 2.80. The molecule has 4 nitrogen and oxygen atoms in total. The predicted molar refractivity (Wildman–Crippen MR) is 81.9 cm³/mol. The van der Waals surface area contributed by atoms with E-state index >= 15 is 0 Å². The van der Waals surface area contributed by atoms with Gasteiger partial charge in [-0.25, -0.2) is 4.39 Å². The van der Waals surface area contributed by atoms with E-state index in [2.05, 4.69) is 27.3 Å². The first-order chi connectivity index (χ1) is 10.0. The van der Waals surface area contributed by atoms with Crippen LogP contribution >= 0.6 is 15.9 Å². The monoisotopic (exact) mass is 350 g/mol. The Balaban J connectivity index is 1.88. The molecule has 2 aromatic rings. The molecule has 0 fully saturated rings. The SMILES string of the molecule is O=[N+]([O-])c1cc(F)cc(NC2CCc3cc(Br)ccc32)c1. The molecule has 0 bridgehead atoms. The summed E-state index contributed by atoms with van der Waals surface area (Å²) in [5.41, 5.74) is 2.59. The number of aryl methyl sites for hydroxylation is 1. The molecule has 2 aromatic carbocycles. The molecule has 0 amide bonds. The molecule has 108 valence electrons. The summed E-state index contributed by atoms with van der Waals surface area (Å²) in [6.07, 6.45) is 1.82. The van der Waals surface area contributed by atoms with Gasteiger partial charge in [0.1, 0.15) is 5.82 Å². The van der Waals surface area contributed by atoms with E-state index in [-0.39, 0.29) is 11.7 Å². The molecule has 0 spiro atoms. The molecule has 6 heteroatoms. The maximum absolute atomic E-state index is 13.5. The van der Waals surface area contributed by atoms with Crippen LogP contribution in [0.2, 0.25) is 0 Å². The largest absolute Gasteiger partial charge is 0.378 e. The molecule has 1 unspecified atom stereocenters. The van der Waals surface area contributed by atoms with Crippen molar-refractivity contribution in [1.82, 2.24) is 0 Å². The third kappa shape index (κ3) is 2.90. The Morgan fingerprint density at radius 2 is 2.10 bits per heavy atom. The third-order valence-corrected chi connectivity index (χ3v) is 4.11. The van der Waals surface area contributed by atoms with Gasteiger partial charge < -0.3 is 5.32 Å². The maximum atomic E-state index is 13.5. The fourth-order valence-electron chi connectivity index (χ4n) is 2.70. The minimum absolute atomic E-state index is 0.0505. The second-order valence-corrected chi connectivity index (χ2v) is 5.95. The number of non-ortho nitro benzene ring substituents is 1. The molecule has 1 N–H and O–H groups in total. The third-order valence-electron chi connectivity index (χ3n) is 3.62. The van der Waals surface area contributed by atoms with Crippen LogP contribution in [0, 0.1) is 15.9 Å². The van der Waals surface area contributed by atoms with Crippen molar-refractivity contribution in [3.05, 3.63) is 67.9 Å². The van der Waals surface area contributed by atoms with Gasteiger partial charge in [-0.1, -0.05) is 22.0 Å². The fraction of sp³-hybridized carbons (Fsp3) is 0.200. The summed E-state index contributed by atoms with van der Waals surface area (Å²) in [6, 6.07) is 9.68. The van der Waals surface area contributed by atoms with E-state index in [1.807, 2.05) is 12.1 Å². The van der Waals surface area contributed by atoms with E-state index in [0.717, 1.165) is 28.9 Å². The number of benzene rings is 2. The minimum atomic E-state index is -0.610. The lowest BCUT2D eigenvalue weighted by molar-refractivity contribution is -0.385. The summed E-state index contributed by atoms with van der Waals surface area (Å²) >= 11 is 3.44. The second-order valence-electron chi connectivity index (χ2n) is 5.03. The zero-order valence-electron chi connectivity index (χ0n) is 11.0. The van der Waals surface area contributed by atoms with Gasteiger partial charge in [0.25, 0.3) is 5.69 Å². The zero-order chi connectivity index (χ0) is 15.0. The number of hydrogen-bond donors (Lipinski definition) is 1. The molecule has 3 rings (SSSR count). The Morgan fingerprint density at radius 1 is 1.29 bits per heavy atom. The molecule has 1 atom stereocenters. The van der Waals surface area contributed by atoms with Gasteiger partial charge in [-0.3, -0.25) is 10.1 Å². The number of hydrogen-bond acceptors (Lipinski definition) is 3. The number of nitrogens with one attached hydrogen (secondary N) is 1. The van der Waals surface area contributed by atoms with Crippen LogP contribution in [0.5, 0.6) is 0 Å². The van der Waals surface area contributed by atoms with Gasteiger partial charge in [0.05, 0.1) is 17.0 Å². The number of fused-ring (bicyclic) bond motifs is 1. The van der Waals surface area contributed by atoms with Gasteiger partial charge in [-0.2, -0.15) is 0 Å². The maximum Gasteiger partial charge on any atom is 0.274 e. The van der Waals surface area contributed by atoms with Gasteiger partial charge >= 0.3 is 0 Å². The minimum Gasteiger partial charge on any atom is -0.378 e. The lowest BCUT2D eigenvalue weighted by Crippen LogP contribution is -2.07. The van der Waals surface area contributed by atoms with Crippen molar-refractivity contribution >= 4 is 27.3 Å². The van der Waals surface area contributed by atoms with Crippen LogP contribution in [0.25, 0.3) is 0 Å². The van der Waals surface area contributed by atoms with Crippen LogP contribution in [-0.2, 0) is 6.42 Å². The smallest absolute Gasteiger partial charge is 0.274 e. The van der Waals surface area contributed by atoms with Crippen molar-refractivity contribution < 1.29 is 9.31 Å². The predicted octanol–water partition coefficient (Wildman–Crippen LogP) is 4.60. The van der Waals surface area contributed by atoms with Crippen molar-refractivity contribution in [1.29, 1.82) is 0 Å². The summed E-state index contributed by atoms with van der Waals surface area (Å²) in [5, 5.41) is 14.0. The molecule has 0 saturated heterocycles. The number of rotatable bonds is 3. The molecule has 0 saturated carbocycles. The Morgan fingerprint density at radius 3 is 2.86 bits per heavy atom. The van der Waals surface area contributed by atoms with Crippen molar-refractivity contribution in [2.24, 2.45) is 0 Å². The highest BCUT2D eigenvalue weighted by Crippen LogP contribution is 2.36. The molecule has 0 aromatic heterocycles. The van der Waals surface area contributed by atoms with E-state index in [9.17, 15) is 14.5 Å². The first-order valence-corrected chi connectivity index (χ1v) is 7.32. The van der Waals surface area contributed by atoms with Crippen molar-refractivity contribution in [3.8, 4) is 0 Å². The first kappa shape index (κ1) is 14.0. The number of nitro groups is 1. The second kappa shape index (κ2) is 5.44. The molecule has 21 heavy (non-hydrogen) atoms. The zero-order valence-corrected chi connectivity index (χ0v) is 12.6. The van der Waals surface area contributed by atoms with Gasteiger partial charge in [-0.15, -0.1) is 0 Å². The number of halogens is 2. The topological polar surface area (TPSA) is 55.2 Å². The van der Waals surface area contributed by atoms with Crippen LogP contribution in [0.1, 0.15) is 23.6 Å². The average molecular weight is 351 g/mol. The number of nitrogens with zero attached hydrogens (tertiary/aromatic N) is 1. The number of anilines is 1. The highest BCUT2D eigenvalue weighted by atomic mass is 79.9. The lowest BCUT2D eigenvalue weighted by Gasteiger charge is -2.15. The van der Waals surface area contributed by atoms with E-state index in [0.29, 0.717) is 5.69 Å². The van der Waals surface area contributed by atoms with Crippen LogP contribution in [0.3, 0.4) is 0 Å². The quantitative estimate of drug-likeness (QED) is 0.650. The van der Waals surface area contributed by atoms with E-state index in [4.69, 9.17) is 0 Å². The normalized spacial score (nSPS) is 16.6. The van der Waals surface area contributed by atoms with Gasteiger partial charge in [0, 0.05) is 16.2 Å². The van der Waals surface area contributed by atoms with Gasteiger partial charge in [0.15, 0.2) is 0 Å². The van der Waals surface area contributed by atoms with Gasteiger partial charge in [-0.05, 0) is 42.2 Å². The standard InChI is InChI=1S/C15H12BrFN2O2/c16-10-2-3-14-9(5-10)1-4-15(14)18-12-6-11(17)7-13(8-12)19(20)21/h2-3,5-8,15,18H,1,4H2. The first-order valence-electron chi connectivity index (χ1n) is 6.53. The summed E-state index contributed by atoms with van der Waals surface area (Å²) in [7, 11) is 0. The van der Waals surface area contributed by atoms with Crippen LogP contribution in [0.15, 0.2) is 40.9 Å². The van der Waals surface area contributed by atoms with Gasteiger partial charge in [0.2, 0.25) is 0 Å². The van der Waals surface area contributed by atoms with E-state index < -0.39 is 10.7 Å². The molecule has 1 aliphatic rings. The molecule has 0 heterocycles. The summed E-state index contributed by atoms with van der Waals surface area (Å²) in [6.45, 7) is 0. The molecule has 0 radical (unpaired) electrons. The van der Waals surface area contributed by atoms with Crippen molar-refractivity contribution in [3.63, 3.8) is 0 Å². The number of nitro benzene ring substituents is 1. The highest BCUT2D eigenvalue weighted by Gasteiger charge is 2.23. The molecular weight excluding hydrogens is 339 g/mol. The van der Waals surface area contributed by atoms with Crippen LogP contribution in [0.4, 0.5) is 15.8 Å². The molecular formula is C15H12BrFN2O2. The Hall–Kier alpha value is -1.95. The van der Waals surface area contributed by atoms with Crippen molar-refractivity contribution in [2.75, 3.05) is 5.32 Å². The fourth-order valence-corrected chi connectivity index (χ4v) is 3.11. The molecule has 1 aliphatic carbocycles. The Kier molecular flexibility index (Phi) is 3.63.